The van der Waals surface area contributed by atoms with Crippen LogP contribution in [-0.2, 0) is 4.74 Å². The van der Waals surface area contributed by atoms with E-state index in [0.29, 0.717) is 12.0 Å². The van der Waals surface area contributed by atoms with Crippen molar-refractivity contribution in [3.05, 3.63) is 0 Å². The summed E-state index contributed by atoms with van der Waals surface area (Å²) in [5, 5.41) is 11.4. The lowest BCUT2D eigenvalue weighted by Gasteiger charge is -2.47. The molecule has 1 N–H and O–H groups in total. The normalized spacial score (nSPS) is 44.3. The second-order valence-electron chi connectivity index (χ2n) is 8.34. The number of nitrogens with zero attached hydrogens (tertiary/aromatic N) is 1. The van der Waals surface area contributed by atoms with Crippen LogP contribution >= 0.6 is 0 Å². The van der Waals surface area contributed by atoms with Crippen LogP contribution in [-0.4, -0.2) is 46.4 Å². The summed E-state index contributed by atoms with van der Waals surface area (Å²) >= 11 is 0. The number of hydrogen-bond acceptors (Lipinski definition) is 3. The molecule has 0 aromatic carbocycles. The number of likely N-dealkylation sites (tertiary alicyclic amines) is 1. The molecule has 2 aliphatic carbocycles. The second-order valence-corrected chi connectivity index (χ2v) is 8.34. The Hall–Kier alpha value is -0.120. The molecule has 0 amide bonds. The van der Waals surface area contributed by atoms with E-state index < -0.39 is 5.60 Å². The third-order valence-electron chi connectivity index (χ3n) is 6.70. The van der Waals surface area contributed by atoms with Crippen LogP contribution in [0, 0.1) is 5.92 Å². The van der Waals surface area contributed by atoms with E-state index in [1.165, 1.54) is 44.9 Å². The predicted molar refractivity (Wildman–Crippen MR) is 83.2 cm³/mol. The lowest BCUT2D eigenvalue weighted by molar-refractivity contribution is -0.153. The van der Waals surface area contributed by atoms with E-state index in [1.54, 1.807) is 0 Å². The fraction of sp³-hybridized carbons (Fsp3) is 1.00. The molecule has 0 aromatic heterocycles. The summed E-state index contributed by atoms with van der Waals surface area (Å²) in [6.07, 6.45) is 12.3. The van der Waals surface area contributed by atoms with Crippen LogP contribution in [0.25, 0.3) is 0 Å². The molecular formula is C18H31NO2. The van der Waals surface area contributed by atoms with Gasteiger partial charge in [0.15, 0.2) is 0 Å². The number of β-amino-alcohol motifs (C(OH)–C–C–N with tert-alkyl or cyclic N) is 1. The van der Waals surface area contributed by atoms with Crippen molar-refractivity contribution in [2.75, 3.05) is 13.2 Å². The van der Waals surface area contributed by atoms with Gasteiger partial charge in [0.05, 0.1) is 11.2 Å². The lowest BCUT2D eigenvalue weighted by atomic mass is 9.70. The minimum atomic E-state index is -0.448. The van der Waals surface area contributed by atoms with E-state index in [0.717, 1.165) is 38.5 Å². The molecule has 2 aliphatic heterocycles. The van der Waals surface area contributed by atoms with Crippen molar-refractivity contribution in [3.63, 3.8) is 0 Å². The monoisotopic (exact) mass is 293 g/mol. The van der Waals surface area contributed by atoms with Gasteiger partial charge in [0, 0.05) is 25.2 Å². The average Bonchev–Trinajstić information content (AvgIpc) is 3.26. The van der Waals surface area contributed by atoms with Gasteiger partial charge in [0.25, 0.3) is 0 Å². The van der Waals surface area contributed by atoms with Crippen molar-refractivity contribution >= 4 is 0 Å². The Morgan fingerprint density at radius 2 is 1.81 bits per heavy atom. The zero-order chi connectivity index (χ0) is 14.5. The topological polar surface area (TPSA) is 32.7 Å². The highest BCUT2D eigenvalue weighted by atomic mass is 16.5. The van der Waals surface area contributed by atoms with Crippen molar-refractivity contribution < 1.29 is 9.84 Å². The van der Waals surface area contributed by atoms with Gasteiger partial charge in [0.2, 0.25) is 0 Å². The Balaban J connectivity index is 1.47. The lowest BCUT2D eigenvalue weighted by Crippen LogP contribution is -2.50. The highest BCUT2D eigenvalue weighted by molar-refractivity contribution is 5.06. The van der Waals surface area contributed by atoms with Crippen LogP contribution in [0.1, 0.15) is 71.1 Å². The summed E-state index contributed by atoms with van der Waals surface area (Å²) in [4.78, 5) is 2.59. The molecule has 0 radical (unpaired) electrons. The van der Waals surface area contributed by atoms with Crippen molar-refractivity contribution in [2.24, 2.45) is 5.92 Å². The minimum absolute atomic E-state index is 0.118. The molecular weight excluding hydrogens is 262 g/mol. The molecule has 3 nitrogen and oxygen atoms in total. The van der Waals surface area contributed by atoms with E-state index in [-0.39, 0.29) is 5.60 Å². The zero-order valence-corrected chi connectivity index (χ0v) is 13.5. The largest absolute Gasteiger partial charge is 0.388 e. The van der Waals surface area contributed by atoms with Gasteiger partial charge < -0.3 is 9.84 Å². The first-order valence-electron chi connectivity index (χ1n) is 9.22. The summed E-state index contributed by atoms with van der Waals surface area (Å²) in [6.45, 7) is 4.09. The van der Waals surface area contributed by atoms with Gasteiger partial charge in [-0.15, -0.1) is 0 Å². The summed E-state index contributed by atoms with van der Waals surface area (Å²) in [5.74, 6) is 0.454. The first-order chi connectivity index (χ1) is 10.1. The average molecular weight is 293 g/mol. The first-order valence-corrected chi connectivity index (χ1v) is 9.22. The highest BCUT2D eigenvalue weighted by Crippen LogP contribution is 2.48. The van der Waals surface area contributed by atoms with Crippen LogP contribution in [0.3, 0.4) is 0 Å². The Bertz CT molecular complexity index is 383. The van der Waals surface area contributed by atoms with Crippen molar-refractivity contribution in [3.8, 4) is 0 Å². The Labute approximate surface area is 129 Å². The Morgan fingerprint density at radius 1 is 1.05 bits per heavy atom. The molecule has 0 aromatic rings. The predicted octanol–water partition coefficient (Wildman–Crippen LogP) is 3.10. The van der Waals surface area contributed by atoms with E-state index >= 15 is 0 Å². The SMILES string of the molecule is CC1CC(O)(C2CCOC3(CCCCC3)C2)CN1C1CC1. The van der Waals surface area contributed by atoms with Gasteiger partial charge in [-0.05, 0) is 57.8 Å². The van der Waals surface area contributed by atoms with Gasteiger partial charge in [-0.1, -0.05) is 19.3 Å². The van der Waals surface area contributed by atoms with Gasteiger partial charge in [-0.25, -0.2) is 0 Å². The van der Waals surface area contributed by atoms with E-state index in [4.69, 9.17) is 4.74 Å². The molecule has 2 saturated carbocycles. The molecule has 4 fully saturated rings. The van der Waals surface area contributed by atoms with Crippen molar-refractivity contribution in [1.82, 2.24) is 4.90 Å². The maximum atomic E-state index is 11.4. The summed E-state index contributed by atoms with van der Waals surface area (Å²) in [7, 11) is 0. The molecule has 3 atom stereocenters. The number of hydrogen-bond donors (Lipinski definition) is 1. The van der Waals surface area contributed by atoms with Crippen molar-refractivity contribution in [1.29, 1.82) is 0 Å². The maximum Gasteiger partial charge on any atom is 0.0818 e. The van der Waals surface area contributed by atoms with Crippen LogP contribution in [0.4, 0.5) is 0 Å². The summed E-state index contributed by atoms with van der Waals surface area (Å²) in [5.41, 5.74) is -0.330. The van der Waals surface area contributed by atoms with Crippen LogP contribution in [0.5, 0.6) is 0 Å². The fourth-order valence-electron chi connectivity index (χ4n) is 5.39. The maximum absolute atomic E-state index is 11.4. The number of rotatable bonds is 2. The van der Waals surface area contributed by atoms with Crippen molar-refractivity contribution in [2.45, 2.75) is 94.4 Å². The van der Waals surface area contributed by atoms with Gasteiger partial charge in [-0.3, -0.25) is 4.90 Å². The molecule has 3 unspecified atom stereocenters. The summed E-state index contributed by atoms with van der Waals surface area (Å²) < 4.78 is 6.23. The second kappa shape index (κ2) is 5.21. The molecule has 2 saturated heterocycles. The number of aliphatic hydroxyl groups is 1. The van der Waals surface area contributed by atoms with Crippen LogP contribution < -0.4 is 0 Å². The third-order valence-corrected chi connectivity index (χ3v) is 6.70. The summed E-state index contributed by atoms with van der Waals surface area (Å²) in [6, 6.07) is 1.34. The highest BCUT2D eigenvalue weighted by Gasteiger charge is 2.52. The van der Waals surface area contributed by atoms with Crippen LogP contribution in [0.15, 0.2) is 0 Å². The standard InChI is InChI=1S/C18H31NO2/c1-14-11-18(20,13-19(14)16-5-6-16)15-7-10-21-17(12-15)8-3-2-4-9-17/h14-16,20H,2-13H2,1H3. The van der Waals surface area contributed by atoms with Crippen LogP contribution in [0.2, 0.25) is 0 Å². The van der Waals surface area contributed by atoms with Gasteiger partial charge in [0.1, 0.15) is 0 Å². The molecule has 120 valence electrons. The number of ether oxygens (including phenoxy) is 1. The molecule has 0 bridgehead atoms. The molecule has 4 rings (SSSR count). The van der Waals surface area contributed by atoms with Gasteiger partial charge in [-0.2, -0.15) is 0 Å². The van der Waals surface area contributed by atoms with E-state index in [2.05, 4.69) is 11.8 Å². The molecule has 2 heterocycles. The zero-order valence-electron chi connectivity index (χ0n) is 13.5. The van der Waals surface area contributed by atoms with Gasteiger partial charge >= 0.3 is 0 Å². The molecule has 4 aliphatic rings. The quantitative estimate of drug-likeness (QED) is 0.849. The van der Waals surface area contributed by atoms with E-state index in [1.807, 2.05) is 0 Å². The Morgan fingerprint density at radius 3 is 2.52 bits per heavy atom. The molecule has 1 spiro atoms. The molecule has 21 heavy (non-hydrogen) atoms. The Kier molecular flexibility index (Phi) is 3.59. The minimum Gasteiger partial charge on any atom is -0.388 e. The first kappa shape index (κ1) is 14.5. The van der Waals surface area contributed by atoms with E-state index in [9.17, 15) is 5.11 Å². The third kappa shape index (κ3) is 2.66. The fourth-order valence-corrected chi connectivity index (χ4v) is 5.39. The molecule has 3 heteroatoms. The smallest absolute Gasteiger partial charge is 0.0818 e.